The molecule has 0 bridgehead atoms. The molecule has 1 fully saturated rings. The summed E-state index contributed by atoms with van der Waals surface area (Å²) in [6.45, 7) is 5.92. The normalized spacial score (nSPS) is 20.1. The van der Waals surface area contributed by atoms with Crippen molar-refractivity contribution in [3.05, 3.63) is 23.5 Å². The summed E-state index contributed by atoms with van der Waals surface area (Å²) in [7, 11) is 0. The minimum absolute atomic E-state index is 0.00361. The number of hydrogen-bond donors (Lipinski definition) is 2. The van der Waals surface area contributed by atoms with Crippen molar-refractivity contribution < 1.29 is 4.79 Å². The van der Waals surface area contributed by atoms with Gasteiger partial charge in [-0.05, 0) is 44.0 Å². The number of aromatic nitrogens is 1. The molecule has 1 atom stereocenters. The Hall–Kier alpha value is -1.13. The highest BCUT2D eigenvalue weighted by Crippen LogP contribution is 2.33. The summed E-state index contributed by atoms with van der Waals surface area (Å²) in [6, 6.07) is 3.53. The van der Waals surface area contributed by atoms with E-state index in [0.717, 1.165) is 25.9 Å². The number of halogens is 1. The number of piperidine rings is 1. The maximum Gasteiger partial charge on any atom is 0.230 e. The van der Waals surface area contributed by atoms with E-state index in [1.54, 1.807) is 18.3 Å². The maximum atomic E-state index is 12.5. The van der Waals surface area contributed by atoms with Crippen molar-refractivity contribution in [2.24, 2.45) is 11.3 Å². The fraction of sp³-hybridized carbons (Fsp3) is 0.571. The zero-order valence-corrected chi connectivity index (χ0v) is 12.1. The molecule has 1 aromatic heterocycles. The molecular weight excluding hydrogens is 262 g/mol. The van der Waals surface area contributed by atoms with Crippen LogP contribution in [0.5, 0.6) is 0 Å². The van der Waals surface area contributed by atoms with Crippen LogP contribution in [0.2, 0.25) is 5.15 Å². The van der Waals surface area contributed by atoms with E-state index in [-0.39, 0.29) is 5.91 Å². The molecule has 1 aromatic rings. The molecule has 1 amide bonds. The summed E-state index contributed by atoms with van der Waals surface area (Å²) in [5.74, 6) is 0.341. The van der Waals surface area contributed by atoms with Crippen LogP contribution in [-0.4, -0.2) is 24.0 Å². The predicted molar refractivity (Wildman–Crippen MR) is 77.3 cm³/mol. The van der Waals surface area contributed by atoms with Crippen LogP contribution in [-0.2, 0) is 4.79 Å². The molecule has 5 heteroatoms. The summed E-state index contributed by atoms with van der Waals surface area (Å²) in [4.78, 5) is 16.4. The Labute approximate surface area is 118 Å². The number of carbonyl (C=O) groups excluding carboxylic acids is 1. The number of amides is 1. The average Bonchev–Trinajstić information content (AvgIpc) is 2.42. The average molecular weight is 282 g/mol. The van der Waals surface area contributed by atoms with Gasteiger partial charge in [-0.25, -0.2) is 4.98 Å². The van der Waals surface area contributed by atoms with Gasteiger partial charge in [-0.15, -0.1) is 0 Å². The lowest BCUT2D eigenvalue weighted by atomic mass is 9.74. The summed E-state index contributed by atoms with van der Waals surface area (Å²) in [5, 5.41) is 6.57. The second-order valence-corrected chi connectivity index (χ2v) is 5.92. The lowest BCUT2D eigenvalue weighted by Crippen LogP contribution is -2.44. The standard InChI is InChI=1S/C14H20ClN3O/c1-14(2,10-5-3-7-16-9-10)13(19)18-11-6-4-8-17-12(11)15/h4,6,8,10,16H,3,5,7,9H2,1-2H3,(H,18,19). The van der Waals surface area contributed by atoms with Gasteiger partial charge < -0.3 is 10.6 Å². The van der Waals surface area contributed by atoms with Crippen molar-refractivity contribution >= 4 is 23.2 Å². The van der Waals surface area contributed by atoms with E-state index >= 15 is 0 Å². The highest BCUT2D eigenvalue weighted by atomic mass is 35.5. The molecule has 19 heavy (non-hydrogen) atoms. The molecule has 1 saturated heterocycles. The third kappa shape index (κ3) is 3.25. The van der Waals surface area contributed by atoms with E-state index in [2.05, 4.69) is 15.6 Å². The topological polar surface area (TPSA) is 54.0 Å². The van der Waals surface area contributed by atoms with Crippen LogP contribution in [0, 0.1) is 11.3 Å². The molecule has 0 spiro atoms. The SMILES string of the molecule is CC(C)(C(=O)Nc1cccnc1Cl)C1CCCNC1. The van der Waals surface area contributed by atoms with Gasteiger partial charge in [-0.3, -0.25) is 4.79 Å². The molecule has 0 aromatic carbocycles. The maximum absolute atomic E-state index is 12.5. The first-order chi connectivity index (χ1) is 9.01. The zero-order valence-electron chi connectivity index (χ0n) is 11.4. The third-order valence-corrected chi connectivity index (χ3v) is 4.21. The van der Waals surface area contributed by atoms with Crippen molar-refractivity contribution in [2.75, 3.05) is 18.4 Å². The molecule has 2 heterocycles. The van der Waals surface area contributed by atoms with Crippen LogP contribution < -0.4 is 10.6 Å². The minimum atomic E-state index is -0.424. The number of carbonyl (C=O) groups is 1. The van der Waals surface area contributed by atoms with Gasteiger partial charge in [-0.1, -0.05) is 25.4 Å². The van der Waals surface area contributed by atoms with E-state index in [4.69, 9.17) is 11.6 Å². The van der Waals surface area contributed by atoms with Crippen LogP contribution in [0.25, 0.3) is 0 Å². The first kappa shape index (κ1) is 14.3. The van der Waals surface area contributed by atoms with Crippen molar-refractivity contribution in [2.45, 2.75) is 26.7 Å². The predicted octanol–water partition coefficient (Wildman–Crippen LogP) is 2.70. The van der Waals surface area contributed by atoms with Gasteiger partial charge in [0.1, 0.15) is 0 Å². The van der Waals surface area contributed by atoms with Crippen molar-refractivity contribution in [1.82, 2.24) is 10.3 Å². The summed E-state index contributed by atoms with van der Waals surface area (Å²) >= 11 is 5.97. The van der Waals surface area contributed by atoms with Gasteiger partial charge >= 0.3 is 0 Å². The number of pyridine rings is 1. The molecule has 2 rings (SSSR count). The lowest BCUT2D eigenvalue weighted by molar-refractivity contribution is -0.127. The molecule has 2 N–H and O–H groups in total. The van der Waals surface area contributed by atoms with Crippen LogP contribution in [0.4, 0.5) is 5.69 Å². The first-order valence-electron chi connectivity index (χ1n) is 6.64. The summed E-state index contributed by atoms with van der Waals surface area (Å²) in [5.41, 5.74) is 0.151. The van der Waals surface area contributed by atoms with Crippen LogP contribution in [0.15, 0.2) is 18.3 Å². The molecule has 1 aliphatic rings. The number of hydrogen-bond acceptors (Lipinski definition) is 3. The lowest BCUT2D eigenvalue weighted by Gasteiger charge is -2.36. The fourth-order valence-electron chi connectivity index (χ4n) is 2.42. The highest BCUT2D eigenvalue weighted by molar-refractivity contribution is 6.32. The van der Waals surface area contributed by atoms with Gasteiger partial charge in [0.25, 0.3) is 0 Å². The summed E-state index contributed by atoms with van der Waals surface area (Å²) < 4.78 is 0. The number of rotatable bonds is 3. The number of nitrogens with one attached hydrogen (secondary N) is 2. The van der Waals surface area contributed by atoms with Gasteiger partial charge in [0.15, 0.2) is 5.15 Å². The molecule has 1 unspecified atom stereocenters. The summed E-state index contributed by atoms with van der Waals surface area (Å²) in [6.07, 6.45) is 3.80. The first-order valence-corrected chi connectivity index (χ1v) is 7.02. The molecule has 4 nitrogen and oxygen atoms in total. The minimum Gasteiger partial charge on any atom is -0.323 e. The largest absolute Gasteiger partial charge is 0.323 e. The Balaban J connectivity index is 2.08. The van der Waals surface area contributed by atoms with Crippen LogP contribution in [0.1, 0.15) is 26.7 Å². The van der Waals surface area contributed by atoms with E-state index in [0.29, 0.717) is 16.8 Å². The van der Waals surface area contributed by atoms with E-state index < -0.39 is 5.41 Å². The zero-order chi connectivity index (χ0) is 13.9. The second kappa shape index (κ2) is 5.88. The molecule has 0 saturated carbocycles. The molecular formula is C14H20ClN3O. The van der Waals surface area contributed by atoms with E-state index in [1.165, 1.54) is 0 Å². The van der Waals surface area contributed by atoms with Gasteiger partial charge in [0, 0.05) is 11.6 Å². The number of anilines is 1. The Morgan fingerprint density at radius 1 is 1.58 bits per heavy atom. The van der Waals surface area contributed by atoms with Crippen molar-refractivity contribution in [1.29, 1.82) is 0 Å². The van der Waals surface area contributed by atoms with Crippen molar-refractivity contribution in [3.63, 3.8) is 0 Å². The monoisotopic (exact) mass is 281 g/mol. The quantitative estimate of drug-likeness (QED) is 0.838. The smallest absolute Gasteiger partial charge is 0.230 e. The van der Waals surface area contributed by atoms with E-state index in [9.17, 15) is 4.79 Å². The van der Waals surface area contributed by atoms with Crippen LogP contribution >= 0.6 is 11.6 Å². The van der Waals surface area contributed by atoms with Gasteiger partial charge in [0.05, 0.1) is 5.69 Å². The Bertz CT molecular complexity index is 456. The third-order valence-electron chi connectivity index (χ3n) is 3.91. The Kier molecular flexibility index (Phi) is 4.42. The number of nitrogens with zero attached hydrogens (tertiary/aromatic N) is 1. The molecule has 1 aliphatic heterocycles. The van der Waals surface area contributed by atoms with Gasteiger partial charge in [-0.2, -0.15) is 0 Å². The molecule has 0 radical (unpaired) electrons. The van der Waals surface area contributed by atoms with Gasteiger partial charge in [0.2, 0.25) is 5.91 Å². The fourth-order valence-corrected chi connectivity index (χ4v) is 2.58. The second-order valence-electron chi connectivity index (χ2n) is 5.56. The highest BCUT2D eigenvalue weighted by Gasteiger charge is 2.37. The van der Waals surface area contributed by atoms with Crippen molar-refractivity contribution in [3.8, 4) is 0 Å². The van der Waals surface area contributed by atoms with E-state index in [1.807, 2.05) is 13.8 Å². The molecule has 0 aliphatic carbocycles. The van der Waals surface area contributed by atoms with Crippen LogP contribution in [0.3, 0.4) is 0 Å². The Morgan fingerprint density at radius 2 is 2.37 bits per heavy atom. The molecule has 104 valence electrons. The Morgan fingerprint density at radius 3 is 3.00 bits per heavy atom.